The fraction of sp³-hybridized carbons (Fsp3) is 0.333. The highest BCUT2D eigenvalue weighted by Crippen LogP contribution is 2.23. The van der Waals surface area contributed by atoms with E-state index in [1.165, 1.54) is 6.92 Å². The fourth-order valence-electron chi connectivity index (χ4n) is 1.90. The number of anilines is 1. The molecule has 3 N–H and O–H groups in total. The van der Waals surface area contributed by atoms with Gasteiger partial charge in [0.25, 0.3) is 0 Å². The number of nitrogens with one attached hydrogen (secondary N) is 3. The van der Waals surface area contributed by atoms with Gasteiger partial charge in [0, 0.05) is 31.3 Å². The number of hydrogen-bond acceptors (Lipinski definition) is 3. The molecule has 0 spiro atoms. The van der Waals surface area contributed by atoms with Crippen molar-refractivity contribution in [2.75, 3.05) is 18.4 Å². The van der Waals surface area contributed by atoms with Gasteiger partial charge in [-0.3, -0.25) is 9.59 Å². The Morgan fingerprint density at radius 3 is 2.82 bits per heavy atom. The van der Waals surface area contributed by atoms with Crippen LogP contribution in [-0.2, 0) is 9.59 Å². The molecule has 0 saturated carbocycles. The van der Waals surface area contributed by atoms with Crippen LogP contribution in [0.2, 0.25) is 0 Å². The lowest BCUT2D eigenvalue weighted by molar-refractivity contribution is -0.124. The molecule has 1 unspecified atom stereocenters. The fourth-order valence-corrected chi connectivity index (χ4v) is 1.90. The molecule has 0 aromatic heterocycles. The summed E-state index contributed by atoms with van der Waals surface area (Å²) in [5.41, 5.74) is 1.47. The first-order valence-electron chi connectivity index (χ1n) is 5.56. The number of rotatable bonds is 2. The van der Waals surface area contributed by atoms with E-state index in [0.29, 0.717) is 12.2 Å². The molecule has 2 amide bonds. The van der Waals surface area contributed by atoms with Crippen molar-refractivity contribution in [3.63, 3.8) is 0 Å². The molecular weight excluding hydrogens is 218 g/mol. The molecule has 17 heavy (non-hydrogen) atoms. The maximum atomic E-state index is 11.7. The topological polar surface area (TPSA) is 70.2 Å². The molecular formula is C12H15N3O2. The Morgan fingerprint density at radius 1 is 1.35 bits per heavy atom. The summed E-state index contributed by atoms with van der Waals surface area (Å²) < 4.78 is 0. The quantitative estimate of drug-likeness (QED) is 0.692. The maximum Gasteiger partial charge on any atom is 0.241 e. The highest BCUT2D eigenvalue weighted by Gasteiger charge is 2.25. The van der Waals surface area contributed by atoms with E-state index in [1.54, 1.807) is 6.07 Å². The largest absolute Gasteiger partial charge is 0.353 e. The van der Waals surface area contributed by atoms with Gasteiger partial charge >= 0.3 is 0 Å². The Kier molecular flexibility index (Phi) is 3.39. The van der Waals surface area contributed by atoms with Crippen LogP contribution in [0.3, 0.4) is 0 Å². The molecule has 1 aromatic rings. The van der Waals surface area contributed by atoms with E-state index < -0.39 is 6.04 Å². The van der Waals surface area contributed by atoms with Gasteiger partial charge in [0.2, 0.25) is 11.8 Å². The first-order chi connectivity index (χ1) is 8.18. The average Bonchev–Trinajstić information content (AvgIpc) is 2.30. The predicted octanol–water partition coefficient (Wildman–Crippen LogP) is 0.405. The van der Waals surface area contributed by atoms with E-state index in [-0.39, 0.29) is 11.8 Å². The molecule has 1 heterocycles. The molecule has 0 radical (unpaired) electrons. The van der Waals surface area contributed by atoms with Gasteiger partial charge in [-0.25, -0.2) is 0 Å². The van der Waals surface area contributed by atoms with E-state index in [2.05, 4.69) is 16.0 Å². The van der Waals surface area contributed by atoms with Crippen LogP contribution in [0.4, 0.5) is 5.69 Å². The summed E-state index contributed by atoms with van der Waals surface area (Å²) in [7, 11) is 0. The van der Waals surface area contributed by atoms with E-state index in [0.717, 1.165) is 12.1 Å². The molecule has 0 aliphatic carbocycles. The van der Waals surface area contributed by atoms with Crippen LogP contribution in [0.15, 0.2) is 24.3 Å². The molecule has 5 nitrogen and oxygen atoms in total. The maximum absolute atomic E-state index is 11.7. The number of hydrogen-bond donors (Lipinski definition) is 3. The Bertz CT molecular complexity index is 445. The van der Waals surface area contributed by atoms with Gasteiger partial charge in [-0.2, -0.15) is 0 Å². The molecule has 1 aliphatic rings. The molecule has 1 aliphatic heterocycles. The van der Waals surface area contributed by atoms with Crippen LogP contribution >= 0.6 is 0 Å². The number of carbonyl (C=O) groups is 2. The number of piperazine rings is 1. The molecule has 1 fully saturated rings. The minimum absolute atomic E-state index is 0.0611. The summed E-state index contributed by atoms with van der Waals surface area (Å²) in [6.45, 7) is 2.81. The van der Waals surface area contributed by atoms with Crippen molar-refractivity contribution in [3.05, 3.63) is 29.8 Å². The van der Waals surface area contributed by atoms with Crippen LogP contribution in [0, 0.1) is 0 Å². The van der Waals surface area contributed by atoms with Crippen molar-refractivity contribution in [2.45, 2.75) is 13.0 Å². The second-order valence-electron chi connectivity index (χ2n) is 3.95. The zero-order valence-corrected chi connectivity index (χ0v) is 9.62. The van der Waals surface area contributed by atoms with E-state index in [1.807, 2.05) is 18.2 Å². The van der Waals surface area contributed by atoms with Gasteiger partial charge < -0.3 is 16.0 Å². The second-order valence-corrected chi connectivity index (χ2v) is 3.95. The average molecular weight is 233 g/mol. The molecule has 5 heteroatoms. The lowest BCUT2D eigenvalue weighted by Gasteiger charge is -2.25. The summed E-state index contributed by atoms with van der Waals surface area (Å²) in [5.74, 6) is -0.206. The Labute approximate surface area is 99.6 Å². The van der Waals surface area contributed by atoms with Crippen LogP contribution in [-0.4, -0.2) is 24.9 Å². The number of benzene rings is 1. The SMILES string of the molecule is CC(=O)Nc1ccccc1C1NCCNC1=O. The summed E-state index contributed by atoms with van der Waals surface area (Å²) in [6.07, 6.45) is 0. The lowest BCUT2D eigenvalue weighted by atomic mass is 10.0. The van der Waals surface area contributed by atoms with Gasteiger partial charge in [-0.1, -0.05) is 18.2 Å². The lowest BCUT2D eigenvalue weighted by Crippen LogP contribution is -2.47. The second kappa shape index (κ2) is 4.97. The van der Waals surface area contributed by atoms with Crippen molar-refractivity contribution in [3.8, 4) is 0 Å². The minimum atomic E-state index is -0.396. The van der Waals surface area contributed by atoms with Crippen LogP contribution in [0.5, 0.6) is 0 Å². The van der Waals surface area contributed by atoms with Gasteiger partial charge in [0.1, 0.15) is 6.04 Å². The first kappa shape index (κ1) is 11.6. The van der Waals surface area contributed by atoms with E-state index in [9.17, 15) is 9.59 Å². The zero-order valence-electron chi connectivity index (χ0n) is 9.62. The molecule has 1 atom stereocenters. The summed E-state index contributed by atoms with van der Waals surface area (Å²) >= 11 is 0. The highest BCUT2D eigenvalue weighted by atomic mass is 16.2. The smallest absolute Gasteiger partial charge is 0.241 e. The van der Waals surface area contributed by atoms with Crippen molar-refractivity contribution in [1.82, 2.24) is 10.6 Å². The van der Waals surface area contributed by atoms with Crippen LogP contribution in [0.1, 0.15) is 18.5 Å². The third-order valence-corrected chi connectivity index (χ3v) is 2.62. The predicted molar refractivity (Wildman–Crippen MR) is 64.5 cm³/mol. The van der Waals surface area contributed by atoms with Crippen LogP contribution < -0.4 is 16.0 Å². The molecule has 2 rings (SSSR count). The Hall–Kier alpha value is -1.88. The van der Waals surface area contributed by atoms with Gasteiger partial charge in [-0.05, 0) is 6.07 Å². The molecule has 1 aromatic carbocycles. The zero-order chi connectivity index (χ0) is 12.3. The summed E-state index contributed by atoms with van der Waals surface area (Å²) in [4.78, 5) is 22.8. The number of carbonyl (C=O) groups excluding carboxylic acids is 2. The standard InChI is InChI=1S/C12H15N3O2/c1-8(16)15-10-5-3-2-4-9(10)11-12(17)14-7-6-13-11/h2-5,11,13H,6-7H2,1H3,(H,14,17)(H,15,16). The van der Waals surface area contributed by atoms with Crippen molar-refractivity contribution in [2.24, 2.45) is 0 Å². The number of para-hydroxylation sites is 1. The Morgan fingerprint density at radius 2 is 2.12 bits per heavy atom. The molecule has 90 valence electrons. The van der Waals surface area contributed by atoms with Crippen molar-refractivity contribution in [1.29, 1.82) is 0 Å². The van der Waals surface area contributed by atoms with Crippen molar-refractivity contribution >= 4 is 17.5 Å². The first-order valence-corrected chi connectivity index (χ1v) is 5.56. The summed E-state index contributed by atoms with van der Waals surface area (Å²) in [5, 5.41) is 8.66. The number of amides is 2. The minimum Gasteiger partial charge on any atom is -0.353 e. The highest BCUT2D eigenvalue weighted by molar-refractivity contribution is 5.92. The van der Waals surface area contributed by atoms with Gasteiger partial charge in [0.05, 0.1) is 0 Å². The van der Waals surface area contributed by atoms with Crippen molar-refractivity contribution < 1.29 is 9.59 Å². The van der Waals surface area contributed by atoms with E-state index >= 15 is 0 Å². The monoisotopic (exact) mass is 233 g/mol. The van der Waals surface area contributed by atoms with Gasteiger partial charge in [0.15, 0.2) is 0 Å². The van der Waals surface area contributed by atoms with Crippen LogP contribution in [0.25, 0.3) is 0 Å². The third kappa shape index (κ3) is 2.62. The third-order valence-electron chi connectivity index (χ3n) is 2.62. The molecule has 1 saturated heterocycles. The summed E-state index contributed by atoms with van der Waals surface area (Å²) in [6, 6.07) is 6.92. The normalized spacial score (nSPS) is 19.6. The van der Waals surface area contributed by atoms with Gasteiger partial charge in [-0.15, -0.1) is 0 Å². The van der Waals surface area contributed by atoms with E-state index in [4.69, 9.17) is 0 Å². The molecule has 0 bridgehead atoms. The Balaban J connectivity index is 2.30.